The third kappa shape index (κ3) is 1.82. The van der Waals surface area contributed by atoms with Gasteiger partial charge in [0, 0.05) is 0 Å². The van der Waals surface area contributed by atoms with Crippen LogP contribution < -0.4 is 0 Å². The van der Waals surface area contributed by atoms with Crippen molar-refractivity contribution in [2.24, 2.45) is 29.6 Å². The molecule has 13 heavy (non-hydrogen) atoms. The van der Waals surface area contributed by atoms with Gasteiger partial charge >= 0.3 is 0 Å². The summed E-state index contributed by atoms with van der Waals surface area (Å²) >= 11 is 0. The van der Waals surface area contributed by atoms with Crippen molar-refractivity contribution in [1.82, 2.24) is 0 Å². The van der Waals surface area contributed by atoms with Gasteiger partial charge in [-0.25, -0.2) is 0 Å². The molecule has 5 atom stereocenters. The van der Waals surface area contributed by atoms with E-state index < -0.39 is 0 Å². The molecule has 5 unspecified atom stereocenters. The fourth-order valence-corrected chi connectivity index (χ4v) is 3.50. The van der Waals surface area contributed by atoms with Gasteiger partial charge < -0.3 is 0 Å². The topological polar surface area (TPSA) is 0 Å². The summed E-state index contributed by atoms with van der Waals surface area (Å²) in [5, 5.41) is 0. The molecule has 0 aromatic heterocycles. The molecule has 0 amide bonds. The molecule has 2 aliphatic rings. The SMILES string of the molecule is CC1C=CC2C(C)CC(C)CC2C1. The van der Waals surface area contributed by atoms with Gasteiger partial charge in [-0.2, -0.15) is 0 Å². The fraction of sp³-hybridized carbons (Fsp3) is 0.846. The van der Waals surface area contributed by atoms with Gasteiger partial charge in [0.05, 0.1) is 0 Å². The van der Waals surface area contributed by atoms with E-state index in [0.717, 1.165) is 29.6 Å². The summed E-state index contributed by atoms with van der Waals surface area (Å²) in [6.07, 6.45) is 9.31. The zero-order valence-electron chi connectivity index (χ0n) is 9.16. The van der Waals surface area contributed by atoms with Crippen molar-refractivity contribution < 1.29 is 0 Å². The summed E-state index contributed by atoms with van der Waals surface area (Å²) in [7, 11) is 0. The van der Waals surface area contributed by atoms with E-state index in [1.54, 1.807) is 0 Å². The van der Waals surface area contributed by atoms with Crippen LogP contribution in [0.25, 0.3) is 0 Å². The molecule has 0 aromatic carbocycles. The second-order valence-corrected chi connectivity index (χ2v) is 5.49. The van der Waals surface area contributed by atoms with E-state index in [-0.39, 0.29) is 0 Å². The van der Waals surface area contributed by atoms with Gasteiger partial charge in [0.25, 0.3) is 0 Å². The Bertz CT molecular complexity index is 204. The predicted molar refractivity (Wildman–Crippen MR) is 57.5 cm³/mol. The molecule has 0 aliphatic heterocycles. The van der Waals surface area contributed by atoms with Gasteiger partial charge in [0.15, 0.2) is 0 Å². The molecule has 0 bridgehead atoms. The molecule has 2 aliphatic carbocycles. The fourth-order valence-electron chi connectivity index (χ4n) is 3.50. The molecule has 0 radical (unpaired) electrons. The maximum Gasteiger partial charge on any atom is -0.0179 e. The minimum absolute atomic E-state index is 0.832. The Morgan fingerprint density at radius 2 is 1.69 bits per heavy atom. The van der Waals surface area contributed by atoms with E-state index in [0.29, 0.717) is 0 Å². The molecule has 0 nitrogen and oxygen atoms in total. The zero-order valence-corrected chi connectivity index (χ0v) is 9.16. The first kappa shape index (κ1) is 9.30. The molecule has 0 heterocycles. The highest BCUT2D eigenvalue weighted by Crippen LogP contribution is 2.44. The third-order valence-electron chi connectivity index (χ3n) is 4.02. The van der Waals surface area contributed by atoms with E-state index in [1.165, 1.54) is 19.3 Å². The summed E-state index contributed by atoms with van der Waals surface area (Å²) in [5.41, 5.74) is 0. The number of fused-ring (bicyclic) bond motifs is 1. The van der Waals surface area contributed by atoms with Crippen molar-refractivity contribution in [3.8, 4) is 0 Å². The van der Waals surface area contributed by atoms with E-state index in [9.17, 15) is 0 Å². The number of hydrogen-bond donors (Lipinski definition) is 0. The van der Waals surface area contributed by atoms with Gasteiger partial charge in [-0.1, -0.05) is 32.9 Å². The monoisotopic (exact) mass is 178 g/mol. The van der Waals surface area contributed by atoms with Crippen LogP contribution in [-0.4, -0.2) is 0 Å². The van der Waals surface area contributed by atoms with Crippen molar-refractivity contribution in [2.45, 2.75) is 40.0 Å². The van der Waals surface area contributed by atoms with Crippen molar-refractivity contribution in [1.29, 1.82) is 0 Å². The van der Waals surface area contributed by atoms with Crippen LogP contribution in [0, 0.1) is 29.6 Å². The lowest BCUT2D eigenvalue weighted by atomic mass is 9.64. The summed E-state index contributed by atoms with van der Waals surface area (Å²) in [6, 6.07) is 0. The predicted octanol–water partition coefficient (Wildman–Crippen LogP) is 3.88. The van der Waals surface area contributed by atoms with Gasteiger partial charge in [-0.15, -0.1) is 0 Å². The quantitative estimate of drug-likeness (QED) is 0.494. The molecule has 2 rings (SSSR count). The molecular formula is C13H22. The Labute approximate surface area is 82.4 Å². The number of allylic oxidation sites excluding steroid dienone is 2. The molecule has 0 N–H and O–H groups in total. The second-order valence-electron chi connectivity index (χ2n) is 5.49. The second kappa shape index (κ2) is 3.48. The average Bonchev–Trinajstić information content (AvgIpc) is 2.02. The summed E-state index contributed by atoms with van der Waals surface area (Å²) < 4.78 is 0. The molecule has 0 spiro atoms. The minimum Gasteiger partial charge on any atom is -0.0854 e. The minimum atomic E-state index is 0.832. The lowest BCUT2D eigenvalue weighted by Crippen LogP contribution is -2.32. The highest BCUT2D eigenvalue weighted by molar-refractivity contribution is 5.03. The van der Waals surface area contributed by atoms with Crippen LogP contribution in [0.3, 0.4) is 0 Å². The van der Waals surface area contributed by atoms with Crippen LogP contribution in [0.2, 0.25) is 0 Å². The Morgan fingerprint density at radius 3 is 2.46 bits per heavy atom. The molecule has 0 heteroatoms. The van der Waals surface area contributed by atoms with Crippen LogP contribution in [0.4, 0.5) is 0 Å². The third-order valence-corrected chi connectivity index (χ3v) is 4.02. The molecule has 0 aromatic rings. The summed E-state index contributed by atoms with van der Waals surface area (Å²) in [4.78, 5) is 0. The molecule has 74 valence electrons. The molecule has 1 saturated carbocycles. The highest BCUT2D eigenvalue weighted by Gasteiger charge is 2.34. The Hall–Kier alpha value is -0.260. The van der Waals surface area contributed by atoms with Crippen LogP contribution in [0.1, 0.15) is 40.0 Å². The van der Waals surface area contributed by atoms with Crippen LogP contribution in [0.15, 0.2) is 12.2 Å². The van der Waals surface area contributed by atoms with Crippen molar-refractivity contribution in [3.05, 3.63) is 12.2 Å². The first-order valence-corrected chi connectivity index (χ1v) is 5.85. The molecule has 0 saturated heterocycles. The Morgan fingerprint density at radius 1 is 0.923 bits per heavy atom. The summed E-state index contributed by atoms with van der Waals surface area (Å²) in [5.74, 6) is 4.64. The zero-order chi connectivity index (χ0) is 9.42. The number of hydrogen-bond acceptors (Lipinski definition) is 0. The molecule has 1 fully saturated rings. The Balaban J connectivity index is 2.11. The van der Waals surface area contributed by atoms with Gasteiger partial charge in [0.1, 0.15) is 0 Å². The Kier molecular flexibility index (Phi) is 2.49. The van der Waals surface area contributed by atoms with Gasteiger partial charge in [-0.05, 0) is 48.9 Å². The van der Waals surface area contributed by atoms with Gasteiger partial charge in [-0.3, -0.25) is 0 Å². The van der Waals surface area contributed by atoms with E-state index >= 15 is 0 Å². The molecular weight excluding hydrogens is 156 g/mol. The summed E-state index contributed by atoms with van der Waals surface area (Å²) in [6.45, 7) is 7.22. The smallest absolute Gasteiger partial charge is 0.0179 e. The lowest BCUT2D eigenvalue weighted by Gasteiger charge is -2.41. The number of rotatable bonds is 0. The van der Waals surface area contributed by atoms with Crippen molar-refractivity contribution in [2.75, 3.05) is 0 Å². The van der Waals surface area contributed by atoms with E-state index in [2.05, 4.69) is 32.9 Å². The van der Waals surface area contributed by atoms with Crippen molar-refractivity contribution >= 4 is 0 Å². The standard InChI is InChI=1S/C13H22/c1-9-4-5-13-11(3)6-10(2)8-12(13)7-9/h4-5,9-13H,6-8H2,1-3H3. The van der Waals surface area contributed by atoms with E-state index in [1.807, 2.05) is 0 Å². The van der Waals surface area contributed by atoms with Crippen LogP contribution >= 0.6 is 0 Å². The normalized spacial score (nSPS) is 50.2. The first-order valence-electron chi connectivity index (χ1n) is 5.85. The first-order chi connectivity index (χ1) is 6.16. The van der Waals surface area contributed by atoms with Crippen LogP contribution in [0.5, 0.6) is 0 Å². The van der Waals surface area contributed by atoms with Gasteiger partial charge in [0.2, 0.25) is 0 Å². The largest absolute Gasteiger partial charge is 0.0854 e. The maximum atomic E-state index is 2.51. The van der Waals surface area contributed by atoms with E-state index in [4.69, 9.17) is 0 Å². The average molecular weight is 178 g/mol. The lowest BCUT2D eigenvalue weighted by molar-refractivity contribution is 0.134. The van der Waals surface area contributed by atoms with Crippen molar-refractivity contribution in [3.63, 3.8) is 0 Å². The maximum absolute atomic E-state index is 2.51. The van der Waals surface area contributed by atoms with Crippen LogP contribution in [-0.2, 0) is 0 Å². The highest BCUT2D eigenvalue weighted by atomic mass is 14.4.